The van der Waals surface area contributed by atoms with Crippen LogP contribution in [0.15, 0.2) is 24.0 Å². The number of hydrogen-bond acceptors (Lipinski definition) is 4. The van der Waals surface area contributed by atoms with Crippen LogP contribution in [0.1, 0.15) is 19.3 Å². The summed E-state index contributed by atoms with van der Waals surface area (Å²) in [5, 5.41) is 17.4. The molecule has 16 heavy (non-hydrogen) atoms. The SMILES string of the molecule is O=C(O)COC=CCCC1=CC(O)CC1=O. The summed E-state index contributed by atoms with van der Waals surface area (Å²) in [5.41, 5.74) is 0.635. The Morgan fingerprint density at radius 2 is 2.38 bits per heavy atom. The van der Waals surface area contributed by atoms with Gasteiger partial charge in [-0.15, -0.1) is 0 Å². The smallest absolute Gasteiger partial charge is 0.341 e. The first-order valence-corrected chi connectivity index (χ1v) is 5.00. The fourth-order valence-electron chi connectivity index (χ4n) is 1.42. The first kappa shape index (κ1) is 12.4. The average molecular weight is 226 g/mol. The number of carbonyl (C=O) groups is 2. The molecule has 0 bridgehead atoms. The molecule has 0 spiro atoms. The normalized spacial score (nSPS) is 20.2. The number of carboxylic acid groups (broad SMARTS) is 1. The van der Waals surface area contributed by atoms with Crippen molar-refractivity contribution in [2.45, 2.75) is 25.4 Å². The molecule has 1 atom stereocenters. The summed E-state index contributed by atoms with van der Waals surface area (Å²) in [7, 11) is 0. The molecule has 0 saturated heterocycles. The van der Waals surface area contributed by atoms with Crippen molar-refractivity contribution in [3.8, 4) is 0 Å². The summed E-state index contributed by atoms with van der Waals surface area (Å²) in [6, 6.07) is 0. The van der Waals surface area contributed by atoms with Gasteiger partial charge in [-0.1, -0.05) is 0 Å². The van der Waals surface area contributed by atoms with Gasteiger partial charge < -0.3 is 14.9 Å². The van der Waals surface area contributed by atoms with Crippen molar-refractivity contribution >= 4 is 11.8 Å². The standard InChI is InChI=1S/C11H14O5/c12-9-5-8(10(13)6-9)3-1-2-4-16-7-11(14)15/h2,4-5,9,12H,1,3,6-7H2,(H,14,15). The molecule has 0 amide bonds. The maximum atomic E-state index is 11.2. The number of allylic oxidation sites excluding steroid dienone is 2. The number of carbonyl (C=O) groups excluding carboxylic acids is 1. The fraction of sp³-hybridized carbons (Fsp3) is 0.455. The molecule has 0 fully saturated rings. The van der Waals surface area contributed by atoms with Crippen molar-refractivity contribution in [2.75, 3.05) is 6.61 Å². The Morgan fingerprint density at radius 3 is 2.94 bits per heavy atom. The van der Waals surface area contributed by atoms with Crippen molar-refractivity contribution in [1.82, 2.24) is 0 Å². The fourth-order valence-corrected chi connectivity index (χ4v) is 1.42. The lowest BCUT2D eigenvalue weighted by Gasteiger charge is -1.96. The molecule has 1 aliphatic carbocycles. The molecule has 0 aromatic rings. The number of Topliss-reactive ketones (excluding diaryl/α,β-unsaturated/α-hetero) is 1. The van der Waals surface area contributed by atoms with Crippen molar-refractivity contribution in [3.05, 3.63) is 24.0 Å². The summed E-state index contributed by atoms with van der Waals surface area (Å²) in [6.07, 6.45) is 5.19. The van der Waals surface area contributed by atoms with Crippen LogP contribution < -0.4 is 0 Å². The Balaban J connectivity index is 2.18. The third-order valence-electron chi connectivity index (χ3n) is 2.13. The molecule has 1 aliphatic rings. The second-order valence-corrected chi connectivity index (χ2v) is 3.50. The van der Waals surface area contributed by atoms with Crippen LogP contribution in [0.5, 0.6) is 0 Å². The minimum Gasteiger partial charge on any atom is -0.490 e. The highest BCUT2D eigenvalue weighted by Gasteiger charge is 2.20. The molecule has 0 aliphatic heterocycles. The van der Waals surface area contributed by atoms with Crippen LogP contribution in [0.3, 0.4) is 0 Å². The number of hydrogen-bond donors (Lipinski definition) is 2. The maximum absolute atomic E-state index is 11.2. The zero-order valence-electron chi connectivity index (χ0n) is 8.76. The second kappa shape index (κ2) is 6.07. The first-order valence-electron chi connectivity index (χ1n) is 5.00. The lowest BCUT2D eigenvalue weighted by atomic mass is 10.1. The van der Waals surface area contributed by atoms with E-state index in [1.807, 2.05) is 0 Å². The number of aliphatic hydroxyl groups excluding tert-OH is 1. The summed E-state index contributed by atoms with van der Waals surface area (Å²) >= 11 is 0. The van der Waals surface area contributed by atoms with Crippen molar-refractivity contribution < 1.29 is 24.5 Å². The van der Waals surface area contributed by atoms with Crippen LogP contribution in [-0.4, -0.2) is 34.7 Å². The van der Waals surface area contributed by atoms with Gasteiger partial charge in [-0.2, -0.15) is 0 Å². The van der Waals surface area contributed by atoms with Crippen LogP contribution >= 0.6 is 0 Å². The number of rotatable bonds is 6. The summed E-state index contributed by atoms with van der Waals surface area (Å²) in [4.78, 5) is 21.3. The van der Waals surface area contributed by atoms with Crippen molar-refractivity contribution in [3.63, 3.8) is 0 Å². The highest BCUT2D eigenvalue weighted by atomic mass is 16.5. The van der Waals surface area contributed by atoms with E-state index < -0.39 is 12.1 Å². The van der Waals surface area contributed by atoms with Gasteiger partial charge in [0.15, 0.2) is 12.4 Å². The molecule has 1 rings (SSSR count). The number of ketones is 1. The Morgan fingerprint density at radius 1 is 1.62 bits per heavy atom. The van der Waals surface area contributed by atoms with Gasteiger partial charge in [-0.3, -0.25) is 4.79 Å². The molecule has 1 unspecified atom stereocenters. The van der Waals surface area contributed by atoms with Gasteiger partial charge in [0.05, 0.1) is 12.4 Å². The van der Waals surface area contributed by atoms with Gasteiger partial charge in [0.2, 0.25) is 0 Å². The van der Waals surface area contributed by atoms with E-state index in [1.165, 1.54) is 6.26 Å². The van der Waals surface area contributed by atoms with E-state index in [4.69, 9.17) is 10.2 Å². The van der Waals surface area contributed by atoms with Crippen molar-refractivity contribution in [1.29, 1.82) is 0 Å². The van der Waals surface area contributed by atoms with E-state index >= 15 is 0 Å². The monoisotopic (exact) mass is 226 g/mol. The minimum absolute atomic E-state index is 0.0210. The van der Waals surface area contributed by atoms with Gasteiger partial charge >= 0.3 is 5.97 Å². The second-order valence-electron chi connectivity index (χ2n) is 3.50. The Bertz CT molecular complexity index is 329. The molecule has 0 saturated carbocycles. The first-order chi connectivity index (χ1) is 7.59. The molecule has 5 heteroatoms. The van der Waals surface area contributed by atoms with Crippen LogP contribution in [0, 0.1) is 0 Å². The van der Waals surface area contributed by atoms with Crippen molar-refractivity contribution in [2.24, 2.45) is 0 Å². The molecular weight excluding hydrogens is 212 g/mol. The van der Waals surface area contributed by atoms with Crippen LogP contribution in [0.25, 0.3) is 0 Å². The summed E-state index contributed by atoms with van der Waals surface area (Å²) < 4.78 is 4.67. The van der Waals surface area contributed by atoms with E-state index in [0.717, 1.165) is 0 Å². The van der Waals surface area contributed by atoms with E-state index in [9.17, 15) is 9.59 Å². The molecule has 0 heterocycles. The lowest BCUT2D eigenvalue weighted by Crippen LogP contribution is -2.02. The molecular formula is C11H14O5. The minimum atomic E-state index is -1.03. The van der Waals surface area contributed by atoms with Gasteiger partial charge in [0.1, 0.15) is 0 Å². The Labute approximate surface area is 93.0 Å². The number of aliphatic carboxylic acids is 1. The highest BCUT2D eigenvalue weighted by molar-refractivity contribution is 5.98. The summed E-state index contributed by atoms with van der Waals surface area (Å²) in [6.45, 7) is -0.364. The van der Waals surface area contributed by atoms with E-state index in [-0.39, 0.29) is 18.8 Å². The van der Waals surface area contributed by atoms with E-state index in [0.29, 0.717) is 18.4 Å². The lowest BCUT2D eigenvalue weighted by molar-refractivity contribution is -0.140. The topological polar surface area (TPSA) is 83.8 Å². The van der Waals surface area contributed by atoms with Gasteiger partial charge in [0, 0.05) is 6.42 Å². The predicted octanol–water partition coefficient (Wildman–Crippen LogP) is 0.642. The van der Waals surface area contributed by atoms with Gasteiger partial charge in [-0.05, 0) is 30.6 Å². The van der Waals surface area contributed by atoms with Gasteiger partial charge in [0.25, 0.3) is 0 Å². The zero-order valence-corrected chi connectivity index (χ0v) is 8.76. The molecule has 0 radical (unpaired) electrons. The number of carboxylic acids is 1. The largest absolute Gasteiger partial charge is 0.490 e. The summed E-state index contributed by atoms with van der Waals surface area (Å²) in [5.74, 6) is -1.05. The zero-order chi connectivity index (χ0) is 12.0. The average Bonchev–Trinajstić information content (AvgIpc) is 2.50. The number of ether oxygens (including phenoxy) is 1. The highest BCUT2D eigenvalue weighted by Crippen LogP contribution is 2.19. The van der Waals surface area contributed by atoms with Crippen LogP contribution in [-0.2, 0) is 14.3 Å². The van der Waals surface area contributed by atoms with E-state index in [2.05, 4.69) is 4.74 Å². The van der Waals surface area contributed by atoms with E-state index in [1.54, 1.807) is 12.2 Å². The third-order valence-corrected chi connectivity index (χ3v) is 2.13. The molecule has 88 valence electrons. The predicted molar refractivity (Wildman–Crippen MR) is 55.7 cm³/mol. The Hall–Kier alpha value is -1.62. The number of aliphatic hydroxyl groups is 1. The maximum Gasteiger partial charge on any atom is 0.341 e. The van der Waals surface area contributed by atoms with Crippen LogP contribution in [0.4, 0.5) is 0 Å². The quantitative estimate of drug-likeness (QED) is 0.649. The van der Waals surface area contributed by atoms with Crippen LogP contribution in [0.2, 0.25) is 0 Å². The molecule has 0 aromatic heterocycles. The Kier molecular flexibility index (Phi) is 4.72. The molecule has 0 aromatic carbocycles. The molecule has 2 N–H and O–H groups in total. The molecule has 5 nitrogen and oxygen atoms in total. The van der Waals surface area contributed by atoms with Gasteiger partial charge in [-0.25, -0.2) is 4.79 Å². The third kappa shape index (κ3) is 4.27.